The fourth-order valence-electron chi connectivity index (χ4n) is 1.45. The summed E-state index contributed by atoms with van der Waals surface area (Å²) < 4.78 is 7.33. The zero-order valence-electron chi connectivity index (χ0n) is 10.6. The third-order valence-corrected chi connectivity index (χ3v) is 3.18. The summed E-state index contributed by atoms with van der Waals surface area (Å²) in [6, 6.07) is 3.46. The van der Waals surface area contributed by atoms with Crippen molar-refractivity contribution < 1.29 is 4.74 Å². The number of aromatic nitrogens is 3. The Balaban J connectivity index is 2.24. The van der Waals surface area contributed by atoms with Crippen LogP contribution in [0.3, 0.4) is 0 Å². The van der Waals surface area contributed by atoms with E-state index in [9.17, 15) is 0 Å². The van der Waals surface area contributed by atoms with Gasteiger partial charge in [0.25, 0.3) is 0 Å². The smallest absolute Gasteiger partial charge is 0.216 e. The van der Waals surface area contributed by atoms with E-state index in [0.717, 1.165) is 12.0 Å². The first-order valence-corrected chi connectivity index (χ1v) is 7.06. The normalized spacial score (nSPS) is 11.2. The maximum absolute atomic E-state index is 6.15. The summed E-state index contributed by atoms with van der Waals surface area (Å²) in [5.74, 6) is 0.493. The van der Waals surface area contributed by atoms with E-state index >= 15 is 0 Å². The maximum atomic E-state index is 6.15. The number of hydrogen-bond acceptors (Lipinski definition) is 4. The number of benzene rings is 1. The summed E-state index contributed by atoms with van der Waals surface area (Å²) in [5, 5.41) is 11.4. The summed E-state index contributed by atoms with van der Waals surface area (Å²) in [5.41, 5.74) is 0.743. The molecule has 0 atom stereocenters. The zero-order chi connectivity index (χ0) is 14.5. The summed E-state index contributed by atoms with van der Waals surface area (Å²) in [4.78, 5) is 0. The highest BCUT2D eigenvalue weighted by Gasteiger charge is 2.08. The molecule has 2 aromatic rings. The molecule has 1 heterocycles. The first-order chi connectivity index (χ1) is 9.61. The van der Waals surface area contributed by atoms with Crippen LogP contribution in [0.1, 0.15) is 18.9 Å². The molecule has 0 fully saturated rings. The molecule has 0 aliphatic rings. The predicted octanol–water partition coefficient (Wildman–Crippen LogP) is 3.92. The van der Waals surface area contributed by atoms with Crippen LogP contribution in [0.4, 0.5) is 0 Å². The second-order valence-corrected chi connectivity index (χ2v) is 5.11. The quantitative estimate of drug-likeness (QED) is 0.667. The van der Waals surface area contributed by atoms with Crippen LogP contribution in [-0.4, -0.2) is 27.7 Å². The Morgan fingerprint density at radius 2 is 2.15 bits per heavy atom. The van der Waals surface area contributed by atoms with E-state index in [0.29, 0.717) is 27.2 Å². The molecule has 0 radical (unpaired) electrons. The Kier molecular flexibility index (Phi) is 5.17. The van der Waals surface area contributed by atoms with E-state index in [1.807, 2.05) is 6.92 Å². The van der Waals surface area contributed by atoms with Crippen molar-refractivity contribution in [3.8, 4) is 5.75 Å². The number of hydrogen-bond donors (Lipinski definition) is 1. The van der Waals surface area contributed by atoms with Gasteiger partial charge in [-0.2, -0.15) is 14.9 Å². The number of nitrogens with zero attached hydrogens (tertiary/aromatic N) is 3. The lowest BCUT2D eigenvalue weighted by Gasteiger charge is -2.09. The van der Waals surface area contributed by atoms with Gasteiger partial charge in [-0.25, -0.2) is 0 Å². The van der Waals surface area contributed by atoms with Gasteiger partial charge in [-0.1, -0.05) is 30.1 Å². The van der Waals surface area contributed by atoms with Crippen molar-refractivity contribution in [2.45, 2.75) is 13.3 Å². The molecular formula is C12H12Cl2N4OS. The fourth-order valence-corrected chi connectivity index (χ4v) is 2.21. The predicted molar refractivity (Wildman–Crippen MR) is 82.7 cm³/mol. The van der Waals surface area contributed by atoms with Crippen molar-refractivity contribution in [2.75, 3.05) is 6.61 Å². The van der Waals surface area contributed by atoms with Gasteiger partial charge >= 0.3 is 0 Å². The second kappa shape index (κ2) is 6.88. The molecule has 20 heavy (non-hydrogen) atoms. The largest absolute Gasteiger partial charge is 0.490 e. The van der Waals surface area contributed by atoms with Gasteiger partial charge in [0.1, 0.15) is 6.33 Å². The molecule has 1 aromatic carbocycles. The molecule has 1 N–H and O–H groups in total. The Bertz CT molecular complexity index is 657. The standard InChI is InChI=1S/C12H12Cl2N4OS/c1-2-3-19-11-9(13)4-8(5-10(11)14)6-16-18-7-15-17-12(18)20/h4-7H,2-3H2,1H3,(H,17,20)/b16-6-. The fraction of sp³-hybridized carbons (Fsp3) is 0.250. The number of nitrogens with one attached hydrogen (secondary N) is 1. The Morgan fingerprint density at radius 3 is 2.70 bits per heavy atom. The summed E-state index contributed by atoms with van der Waals surface area (Å²) in [6.45, 7) is 2.58. The van der Waals surface area contributed by atoms with Crippen molar-refractivity contribution in [2.24, 2.45) is 5.10 Å². The highest BCUT2D eigenvalue weighted by Crippen LogP contribution is 2.33. The minimum absolute atomic E-state index is 0.404. The Morgan fingerprint density at radius 1 is 1.45 bits per heavy atom. The summed E-state index contributed by atoms with van der Waals surface area (Å²) in [6.07, 6.45) is 3.95. The van der Waals surface area contributed by atoms with Gasteiger partial charge in [-0.05, 0) is 36.3 Å². The number of ether oxygens (including phenoxy) is 1. The van der Waals surface area contributed by atoms with Crippen molar-refractivity contribution >= 4 is 41.6 Å². The number of H-pyrrole nitrogens is 1. The average molecular weight is 331 g/mol. The topological polar surface area (TPSA) is 55.2 Å². The van der Waals surface area contributed by atoms with Crippen LogP contribution >= 0.6 is 35.4 Å². The molecule has 2 rings (SSSR count). The minimum Gasteiger partial charge on any atom is -0.490 e. The molecular weight excluding hydrogens is 319 g/mol. The number of halogens is 2. The second-order valence-electron chi connectivity index (χ2n) is 3.91. The van der Waals surface area contributed by atoms with Crippen LogP contribution in [0.5, 0.6) is 5.75 Å². The third kappa shape index (κ3) is 3.59. The van der Waals surface area contributed by atoms with Gasteiger partial charge < -0.3 is 4.74 Å². The molecule has 106 valence electrons. The minimum atomic E-state index is 0.404. The Hall–Kier alpha value is -1.37. The van der Waals surface area contributed by atoms with Crippen molar-refractivity contribution in [1.29, 1.82) is 0 Å². The van der Waals surface area contributed by atoms with E-state index in [1.54, 1.807) is 18.3 Å². The average Bonchev–Trinajstić information content (AvgIpc) is 2.81. The van der Waals surface area contributed by atoms with Gasteiger partial charge in [-0.3, -0.25) is 5.10 Å². The van der Waals surface area contributed by atoms with E-state index in [4.69, 9.17) is 40.2 Å². The first-order valence-electron chi connectivity index (χ1n) is 5.90. The summed E-state index contributed by atoms with van der Waals surface area (Å²) in [7, 11) is 0. The highest BCUT2D eigenvalue weighted by molar-refractivity contribution is 7.71. The molecule has 1 aromatic heterocycles. The molecule has 0 spiro atoms. The molecule has 0 aliphatic heterocycles. The monoisotopic (exact) mass is 330 g/mol. The van der Waals surface area contributed by atoms with E-state index < -0.39 is 0 Å². The molecule has 0 aliphatic carbocycles. The van der Waals surface area contributed by atoms with E-state index in [-0.39, 0.29) is 0 Å². The van der Waals surface area contributed by atoms with Crippen LogP contribution in [0.25, 0.3) is 0 Å². The van der Waals surface area contributed by atoms with Gasteiger partial charge in [0.15, 0.2) is 5.75 Å². The van der Waals surface area contributed by atoms with Crippen molar-refractivity contribution in [1.82, 2.24) is 14.9 Å². The molecule has 0 bridgehead atoms. The van der Waals surface area contributed by atoms with Crippen LogP contribution in [0.2, 0.25) is 10.0 Å². The summed E-state index contributed by atoms with van der Waals surface area (Å²) >= 11 is 17.3. The number of aromatic amines is 1. The molecule has 0 unspecified atom stereocenters. The maximum Gasteiger partial charge on any atom is 0.216 e. The first kappa shape index (κ1) is 15.0. The molecule has 8 heteroatoms. The van der Waals surface area contributed by atoms with Gasteiger partial charge in [0.05, 0.1) is 22.9 Å². The third-order valence-electron chi connectivity index (χ3n) is 2.34. The lowest BCUT2D eigenvalue weighted by Crippen LogP contribution is -1.97. The van der Waals surface area contributed by atoms with Crippen LogP contribution in [0.15, 0.2) is 23.6 Å². The van der Waals surface area contributed by atoms with E-state index in [1.165, 1.54) is 11.0 Å². The SMILES string of the molecule is CCCOc1c(Cl)cc(/C=N\n2cn[nH]c2=S)cc1Cl. The van der Waals surface area contributed by atoms with Crippen LogP contribution in [0, 0.1) is 4.77 Å². The van der Waals surface area contributed by atoms with E-state index in [2.05, 4.69) is 15.3 Å². The van der Waals surface area contributed by atoms with Gasteiger partial charge in [0.2, 0.25) is 4.77 Å². The Labute approximate surface area is 131 Å². The van der Waals surface area contributed by atoms with Crippen molar-refractivity contribution in [3.63, 3.8) is 0 Å². The zero-order valence-corrected chi connectivity index (χ0v) is 13.0. The van der Waals surface area contributed by atoms with Crippen molar-refractivity contribution in [3.05, 3.63) is 38.8 Å². The molecule has 5 nitrogen and oxygen atoms in total. The van der Waals surface area contributed by atoms with Crippen LogP contribution < -0.4 is 4.74 Å². The van der Waals surface area contributed by atoms with Gasteiger partial charge in [-0.15, -0.1) is 0 Å². The highest BCUT2D eigenvalue weighted by atomic mass is 35.5. The molecule has 0 amide bonds. The number of rotatable bonds is 5. The lowest BCUT2D eigenvalue weighted by atomic mass is 10.2. The molecule has 0 saturated carbocycles. The van der Waals surface area contributed by atoms with Gasteiger partial charge in [0, 0.05) is 0 Å². The molecule has 0 saturated heterocycles. The lowest BCUT2D eigenvalue weighted by molar-refractivity contribution is 0.318. The van der Waals surface area contributed by atoms with Crippen LogP contribution in [-0.2, 0) is 0 Å².